The number of carbonyl (C=O) groups is 2. The molecule has 0 bridgehead atoms. The minimum atomic E-state index is -0.320. The maximum absolute atomic E-state index is 12.2. The number of amides is 2. The van der Waals surface area contributed by atoms with E-state index < -0.39 is 0 Å². The Balaban J connectivity index is 1.50. The van der Waals surface area contributed by atoms with Crippen molar-refractivity contribution in [1.82, 2.24) is 0 Å². The predicted octanol–water partition coefficient (Wildman–Crippen LogP) is 4.51. The van der Waals surface area contributed by atoms with Crippen molar-refractivity contribution in [3.63, 3.8) is 0 Å². The van der Waals surface area contributed by atoms with Gasteiger partial charge in [-0.3, -0.25) is 9.59 Å². The minimum Gasteiger partial charge on any atom is -0.372 e. The summed E-state index contributed by atoms with van der Waals surface area (Å²) in [7, 11) is 0. The molecule has 148 valence electrons. The second-order valence-electron chi connectivity index (χ2n) is 7.79. The minimum absolute atomic E-state index is 0.210. The van der Waals surface area contributed by atoms with Crippen LogP contribution in [0.1, 0.15) is 37.3 Å². The van der Waals surface area contributed by atoms with Gasteiger partial charge in [0.2, 0.25) is 11.8 Å². The van der Waals surface area contributed by atoms with Crippen molar-refractivity contribution < 1.29 is 9.59 Å². The first-order chi connectivity index (χ1) is 13.4. The fourth-order valence-electron chi connectivity index (χ4n) is 3.40. The zero-order valence-corrected chi connectivity index (χ0v) is 16.9. The smallest absolute Gasteiger partial charge is 0.233 e. The van der Waals surface area contributed by atoms with E-state index in [0.717, 1.165) is 24.6 Å². The fourth-order valence-corrected chi connectivity index (χ4v) is 3.40. The van der Waals surface area contributed by atoms with Crippen molar-refractivity contribution in [3.05, 3.63) is 53.6 Å². The Morgan fingerprint density at radius 3 is 2.07 bits per heavy atom. The summed E-state index contributed by atoms with van der Waals surface area (Å²) in [6.45, 7) is 8.46. The number of hydrogen-bond donors (Lipinski definition) is 2. The molecule has 1 aliphatic heterocycles. The standard InChI is InChI=1S/C23H29N3O2/c1-16-10-12-26(13-11-16)21-8-6-19(7-9-21)24-22(27)15-23(28)25-20-5-4-17(2)18(3)14-20/h4-9,14,16H,10-13,15H2,1-3H3,(H,24,27)(H,25,28). The molecule has 0 saturated carbocycles. The van der Waals surface area contributed by atoms with E-state index in [9.17, 15) is 9.59 Å². The van der Waals surface area contributed by atoms with Crippen molar-refractivity contribution in [2.45, 2.75) is 40.0 Å². The van der Waals surface area contributed by atoms with Crippen molar-refractivity contribution in [2.75, 3.05) is 28.6 Å². The average Bonchev–Trinajstić information content (AvgIpc) is 2.66. The summed E-state index contributed by atoms with van der Waals surface area (Å²) in [5.41, 5.74) is 4.86. The molecule has 2 N–H and O–H groups in total. The van der Waals surface area contributed by atoms with E-state index in [0.29, 0.717) is 11.4 Å². The van der Waals surface area contributed by atoms with Crippen LogP contribution in [0.25, 0.3) is 0 Å². The number of piperidine rings is 1. The van der Waals surface area contributed by atoms with Crippen LogP contribution in [0.5, 0.6) is 0 Å². The summed E-state index contributed by atoms with van der Waals surface area (Å²) in [5, 5.41) is 5.57. The highest BCUT2D eigenvalue weighted by Crippen LogP contribution is 2.24. The van der Waals surface area contributed by atoms with E-state index >= 15 is 0 Å². The summed E-state index contributed by atoms with van der Waals surface area (Å²) < 4.78 is 0. The number of anilines is 3. The maximum atomic E-state index is 12.2. The third-order valence-corrected chi connectivity index (χ3v) is 5.41. The van der Waals surface area contributed by atoms with Crippen molar-refractivity contribution in [3.8, 4) is 0 Å². The molecule has 0 aromatic heterocycles. The zero-order chi connectivity index (χ0) is 20.1. The zero-order valence-electron chi connectivity index (χ0n) is 16.9. The number of hydrogen-bond acceptors (Lipinski definition) is 3. The molecule has 0 unspecified atom stereocenters. The van der Waals surface area contributed by atoms with Crippen molar-refractivity contribution in [2.24, 2.45) is 5.92 Å². The number of rotatable bonds is 5. The highest BCUT2D eigenvalue weighted by molar-refractivity contribution is 6.08. The molecule has 1 aliphatic rings. The first-order valence-electron chi connectivity index (χ1n) is 9.92. The van der Waals surface area contributed by atoms with E-state index in [1.165, 1.54) is 24.1 Å². The van der Waals surface area contributed by atoms with Gasteiger partial charge in [0.05, 0.1) is 0 Å². The predicted molar refractivity (Wildman–Crippen MR) is 115 cm³/mol. The highest BCUT2D eigenvalue weighted by atomic mass is 16.2. The number of nitrogens with one attached hydrogen (secondary N) is 2. The first kappa shape index (κ1) is 19.9. The third-order valence-electron chi connectivity index (χ3n) is 5.41. The Morgan fingerprint density at radius 2 is 1.46 bits per heavy atom. The van der Waals surface area contributed by atoms with Gasteiger partial charge >= 0.3 is 0 Å². The number of nitrogens with zero attached hydrogens (tertiary/aromatic N) is 1. The van der Waals surface area contributed by atoms with Gasteiger partial charge in [0, 0.05) is 30.2 Å². The fraction of sp³-hybridized carbons (Fsp3) is 0.391. The molecule has 1 heterocycles. The molecule has 2 amide bonds. The Bertz CT molecular complexity index is 837. The number of carbonyl (C=O) groups excluding carboxylic acids is 2. The normalized spacial score (nSPS) is 14.6. The number of benzene rings is 2. The second kappa shape index (κ2) is 8.91. The van der Waals surface area contributed by atoms with Crippen LogP contribution in [-0.4, -0.2) is 24.9 Å². The van der Waals surface area contributed by atoms with E-state index in [1.807, 2.05) is 56.3 Å². The highest BCUT2D eigenvalue weighted by Gasteiger charge is 2.16. The van der Waals surface area contributed by atoms with Gasteiger partial charge in [-0.25, -0.2) is 0 Å². The summed E-state index contributed by atoms with van der Waals surface area (Å²) in [5.74, 6) is 0.158. The molecule has 1 saturated heterocycles. The molecule has 5 nitrogen and oxygen atoms in total. The van der Waals surface area contributed by atoms with Crippen LogP contribution in [0.4, 0.5) is 17.1 Å². The molecule has 0 aliphatic carbocycles. The van der Waals surface area contributed by atoms with E-state index in [4.69, 9.17) is 0 Å². The molecule has 2 aromatic rings. The molecule has 5 heteroatoms. The van der Waals surface area contributed by atoms with Gasteiger partial charge < -0.3 is 15.5 Å². The third kappa shape index (κ3) is 5.35. The van der Waals surface area contributed by atoms with Gasteiger partial charge in [0.15, 0.2) is 0 Å². The SMILES string of the molecule is Cc1ccc(NC(=O)CC(=O)Nc2ccc(N3CCC(C)CC3)cc2)cc1C. The Morgan fingerprint density at radius 1 is 0.893 bits per heavy atom. The summed E-state index contributed by atoms with van der Waals surface area (Å²) >= 11 is 0. The van der Waals surface area contributed by atoms with Crippen LogP contribution >= 0.6 is 0 Å². The topological polar surface area (TPSA) is 61.4 Å². The van der Waals surface area contributed by atoms with Gasteiger partial charge in [-0.15, -0.1) is 0 Å². The van der Waals surface area contributed by atoms with E-state index in [1.54, 1.807) is 0 Å². The monoisotopic (exact) mass is 379 g/mol. The Hall–Kier alpha value is -2.82. The Kier molecular flexibility index (Phi) is 6.34. The van der Waals surface area contributed by atoms with Crippen LogP contribution in [0.15, 0.2) is 42.5 Å². The van der Waals surface area contributed by atoms with Crippen LogP contribution < -0.4 is 15.5 Å². The summed E-state index contributed by atoms with van der Waals surface area (Å²) in [6, 6.07) is 13.6. The van der Waals surface area contributed by atoms with Crippen molar-refractivity contribution >= 4 is 28.9 Å². The molecule has 2 aromatic carbocycles. The van der Waals surface area contributed by atoms with E-state index in [2.05, 4.69) is 22.5 Å². The lowest BCUT2D eigenvalue weighted by molar-refractivity contribution is -0.123. The summed E-state index contributed by atoms with van der Waals surface area (Å²) in [6.07, 6.45) is 2.22. The van der Waals surface area contributed by atoms with Gasteiger partial charge in [-0.05, 0) is 80.1 Å². The molecule has 1 fully saturated rings. The molecule has 0 radical (unpaired) electrons. The average molecular weight is 380 g/mol. The Labute approximate surface area is 167 Å². The van der Waals surface area contributed by atoms with Crippen LogP contribution in [0.3, 0.4) is 0 Å². The molecule has 0 spiro atoms. The second-order valence-corrected chi connectivity index (χ2v) is 7.79. The lowest BCUT2D eigenvalue weighted by Crippen LogP contribution is -2.32. The van der Waals surface area contributed by atoms with Crippen molar-refractivity contribution in [1.29, 1.82) is 0 Å². The first-order valence-corrected chi connectivity index (χ1v) is 9.92. The van der Waals surface area contributed by atoms with Gasteiger partial charge in [0.25, 0.3) is 0 Å². The molecular formula is C23H29N3O2. The van der Waals surface area contributed by atoms with Gasteiger partial charge in [-0.2, -0.15) is 0 Å². The largest absolute Gasteiger partial charge is 0.372 e. The van der Waals surface area contributed by atoms with Crippen LogP contribution in [0.2, 0.25) is 0 Å². The molecule has 3 rings (SSSR count). The lowest BCUT2D eigenvalue weighted by Gasteiger charge is -2.32. The van der Waals surface area contributed by atoms with Gasteiger partial charge in [-0.1, -0.05) is 13.0 Å². The lowest BCUT2D eigenvalue weighted by atomic mass is 9.99. The van der Waals surface area contributed by atoms with E-state index in [-0.39, 0.29) is 18.2 Å². The van der Waals surface area contributed by atoms with Crippen LogP contribution in [0, 0.1) is 19.8 Å². The van der Waals surface area contributed by atoms with Crippen LogP contribution in [-0.2, 0) is 9.59 Å². The van der Waals surface area contributed by atoms with Gasteiger partial charge in [0.1, 0.15) is 6.42 Å². The molecule has 28 heavy (non-hydrogen) atoms. The summed E-state index contributed by atoms with van der Waals surface area (Å²) in [4.78, 5) is 26.7. The molecular weight excluding hydrogens is 350 g/mol. The molecule has 0 atom stereocenters. The maximum Gasteiger partial charge on any atom is 0.233 e. The number of aryl methyl sites for hydroxylation is 2. The quantitative estimate of drug-likeness (QED) is 0.752.